The molecule has 1 aliphatic carbocycles. The first-order valence-electron chi connectivity index (χ1n) is 9.28. The summed E-state index contributed by atoms with van der Waals surface area (Å²) in [6.07, 6.45) is 13.9. The van der Waals surface area contributed by atoms with Crippen molar-refractivity contribution in [2.75, 3.05) is 7.05 Å². The molecule has 142 valence electrons. The molecular formula is C22H28N4O. The molecule has 1 heterocycles. The molecule has 1 aliphatic rings. The molecule has 0 radical (unpaired) electrons. The van der Waals surface area contributed by atoms with Crippen molar-refractivity contribution in [2.45, 2.75) is 40.0 Å². The molecule has 0 saturated heterocycles. The molecule has 0 saturated carbocycles. The van der Waals surface area contributed by atoms with E-state index in [-0.39, 0.29) is 5.78 Å². The normalized spacial score (nSPS) is 15.1. The van der Waals surface area contributed by atoms with Gasteiger partial charge in [0.25, 0.3) is 0 Å². The summed E-state index contributed by atoms with van der Waals surface area (Å²) in [6, 6.07) is 1.85. The summed E-state index contributed by atoms with van der Waals surface area (Å²) in [5.41, 5.74) is 10.9. The van der Waals surface area contributed by atoms with Crippen LogP contribution in [0, 0.1) is 0 Å². The highest BCUT2D eigenvalue weighted by Crippen LogP contribution is 2.19. The Morgan fingerprint density at radius 1 is 1.33 bits per heavy atom. The van der Waals surface area contributed by atoms with E-state index in [0.717, 1.165) is 28.9 Å². The summed E-state index contributed by atoms with van der Waals surface area (Å²) in [4.78, 5) is 21.1. The maximum atomic E-state index is 12.3. The number of carbonyl (C=O) groups excluding carboxylic acids is 1. The molecule has 0 amide bonds. The van der Waals surface area contributed by atoms with Crippen LogP contribution in [0.15, 0.2) is 58.9 Å². The van der Waals surface area contributed by atoms with Gasteiger partial charge in [0.05, 0.1) is 5.69 Å². The largest absolute Gasteiger partial charge is 0.398 e. The van der Waals surface area contributed by atoms with Crippen molar-refractivity contribution in [3.63, 3.8) is 0 Å². The predicted octanol–water partition coefficient (Wildman–Crippen LogP) is 3.94. The number of rotatable bonds is 6. The summed E-state index contributed by atoms with van der Waals surface area (Å²) < 4.78 is 0. The van der Waals surface area contributed by atoms with Crippen LogP contribution in [0.3, 0.4) is 0 Å². The maximum Gasteiger partial charge on any atom is 0.164 e. The van der Waals surface area contributed by atoms with Crippen molar-refractivity contribution in [1.82, 2.24) is 10.3 Å². The molecular weight excluding hydrogens is 336 g/mol. The van der Waals surface area contributed by atoms with Crippen molar-refractivity contribution in [1.29, 1.82) is 0 Å². The molecule has 0 fully saturated rings. The van der Waals surface area contributed by atoms with Crippen LogP contribution in [0.25, 0.3) is 5.70 Å². The Morgan fingerprint density at radius 2 is 2.11 bits per heavy atom. The minimum absolute atomic E-state index is 0.0791. The standard InChI is InChI=1S/C22H28N4O/c1-5-19-18(20(27)6-2)13-16(14-25-19)21(23)15(3)22(24-4)26-17-11-9-7-8-10-12-17/h7-9,11-14H,5-6,10,23H2,1-4H3,(H,24,26). The SMILES string of the molecule is CCC(=O)c1cc(C(N)=C(C)C(=NC)NC2=CCC=CC=C2)cnc1CC. The molecule has 27 heavy (non-hydrogen) atoms. The molecule has 1 aromatic rings. The van der Waals surface area contributed by atoms with Crippen LogP contribution < -0.4 is 11.1 Å². The van der Waals surface area contributed by atoms with Gasteiger partial charge in [-0.15, -0.1) is 0 Å². The second kappa shape index (κ2) is 9.67. The Kier molecular flexibility index (Phi) is 7.29. The number of carbonyl (C=O) groups is 1. The number of amidine groups is 1. The average molecular weight is 364 g/mol. The molecule has 3 N–H and O–H groups in total. The van der Waals surface area contributed by atoms with Gasteiger partial charge in [-0.2, -0.15) is 0 Å². The zero-order chi connectivity index (χ0) is 19.8. The van der Waals surface area contributed by atoms with Crippen LogP contribution in [0.2, 0.25) is 0 Å². The minimum Gasteiger partial charge on any atom is -0.398 e. The van der Waals surface area contributed by atoms with E-state index >= 15 is 0 Å². The molecule has 5 nitrogen and oxygen atoms in total. The number of aryl methyl sites for hydroxylation is 1. The average Bonchev–Trinajstić information content (AvgIpc) is 2.98. The molecule has 0 aliphatic heterocycles. The topological polar surface area (TPSA) is 80.4 Å². The number of hydrogen-bond acceptors (Lipinski definition) is 4. The van der Waals surface area contributed by atoms with Gasteiger partial charge in [0, 0.05) is 47.8 Å². The van der Waals surface area contributed by atoms with Gasteiger partial charge in [-0.25, -0.2) is 0 Å². The number of Topliss-reactive ketones (excluding diaryl/α,β-unsaturated/α-hetero) is 1. The van der Waals surface area contributed by atoms with Gasteiger partial charge >= 0.3 is 0 Å². The number of aromatic nitrogens is 1. The number of nitrogens with two attached hydrogens (primary N) is 1. The smallest absolute Gasteiger partial charge is 0.164 e. The van der Waals surface area contributed by atoms with Gasteiger partial charge in [-0.1, -0.05) is 38.2 Å². The first-order chi connectivity index (χ1) is 13.0. The van der Waals surface area contributed by atoms with Crippen LogP contribution in [0.4, 0.5) is 0 Å². The third-order valence-corrected chi connectivity index (χ3v) is 4.48. The fraction of sp³-hybridized carbons (Fsp3) is 0.318. The zero-order valence-corrected chi connectivity index (χ0v) is 16.5. The molecule has 0 unspecified atom stereocenters. The van der Waals surface area contributed by atoms with E-state index in [9.17, 15) is 4.79 Å². The lowest BCUT2D eigenvalue weighted by Gasteiger charge is -2.15. The second-order valence-electron chi connectivity index (χ2n) is 6.27. The molecule has 0 spiro atoms. The Balaban J connectivity index is 2.37. The van der Waals surface area contributed by atoms with Gasteiger partial charge in [0.1, 0.15) is 5.84 Å². The number of ketones is 1. The van der Waals surface area contributed by atoms with Crippen LogP contribution in [0.1, 0.15) is 55.2 Å². The van der Waals surface area contributed by atoms with E-state index in [1.54, 1.807) is 13.2 Å². The Labute approximate surface area is 161 Å². The number of hydrogen-bond donors (Lipinski definition) is 2. The quantitative estimate of drug-likeness (QED) is 0.455. The van der Waals surface area contributed by atoms with E-state index in [2.05, 4.69) is 27.4 Å². The first kappa shape index (κ1) is 20.4. The Hall–Kier alpha value is -2.95. The van der Waals surface area contributed by atoms with Gasteiger partial charge in [-0.3, -0.25) is 14.8 Å². The van der Waals surface area contributed by atoms with Gasteiger partial charge in [0.15, 0.2) is 5.78 Å². The zero-order valence-electron chi connectivity index (χ0n) is 16.5. The molecule has 1 aromatic heterocycles. The number of nitrogens with one attached hydrogen (secondary N) is 1. The van der Waals surface area contributed by atoms with Crippen molar-refractivity contribution in [2.24, 2.45) is 10.7 Å². The van der Waals surface area contributed by atoms with Crippen LogP contribution in [0.5, 0.6) is 0 Å². The molecule has 0 aromatic carbocycles. The van der Waals surface area contributed by atoms with Gasteiger partial charge < -0.3 is 11.1 Å². The summed E-state index contributed by atoms with van der Waals surface area (Å²) in [5.74, 6) is 0.767. The van der Waals surface area contributed by atoms with Gasteiger partial charge in [-0.05, 0) is 31.9 Å². The minimum atomic E-state index is 0.0791. The third-order valence-electron chi connectivity index (χ3n) is 4.48. The summed E-state index contributed by atoms with van der Waals surface area (Å²) in [7, 11) is 1.73. The van der Waals surface area contributed by atoms with Crippen molar-refractivity contribution < 1.29 is 4.79 Å². The summed E-state index contributed by atoms with van der Waals surface area (Å²) >= 11 is 0. The molecule has 0 bridgehead atoms. The summed E-state index contributed by atoms with van der Waals surface area (Å²) in [6.45, 7) is 5.76. The van der Waals surface area contributed by atoms with Gasteiger partial charge in [0.2, 0.25) is 0 Å². The Bertz CT molecular complexity index is 857. The number of aliphatic imine (C=N–C) groups is 1. The van der Waals surface area contributed by atoms with E-state index in [4.69, 9.17) is 5.73 Å². The number of allylic oxidation sites excluding steroid dienone is 5. The third kappa shape index (κ3) is 5.03. The fourth-order valence-corrected chi connectivity index (χ4v) is 2.82. The Morgan fingerprint density at radius 3 is 2.78 bits per heavy atom. The van der Waals surface area contributed by atoms with E-state index < -0.39 is 0 Å². The van der Waals surface area contributed by atoms with Crippen LogP contribution in [-0.4, -0.2) is 23.7 Å². The first-order valence-corrected chi connectivity index (χ1v) is 9.28. The molecule has 2 rings (SSSR count). The van der Waals surface area contributed by atoms with E-state index in [0.29, 0.717) is 29.9 Å². The van der Waals surface area contributed by atoms with E-state index in [1.165, 1.54) is 0 Å². The van der Waals surface area contributed by atoms with E-state index in [1.807, 2.05) is 45.1 Å². The monoisotopic (exact) mass is 364 g/mol. The molecule has 5 heteroatoms. The highest BCUT2D eigenvalue weighted by Gasteiger charge is 2.14. The lowest BCUT2D eigenvalue weighted by atomic mass is 10.0. The van der Waals surface area contributed by atoms with Crippen molar-refractivity contribution >= 4 is 17.3 Å². The fourth-order valence-electron chi connectivity index (χ4n) is 2.82. The highest BCUT2D eigenvalue weighted by molar-refractivity contribution is 6.05. The lowest BCUT2D eigenvalue weighted by Crippen LogP contribution is -2.25. The van der Waals surface area contributed by atoms with Crippen molar-refractivity contribution in [3.8, 4) is 0 Å². The predicted molar refractivity (Wildman–Crippen MR) is 112 cm³/mol. The number of nitrogens with zero attached hydrogens (tertiary/aromatic N) is 2. The van der Waals surface area contributed by atoms with Crippen LogP contribution >= 0.6 is 0 Å². The summed E-state index contributed by atoms with van der Waals surface area (Å²) in [5, 5.41) is 3.33. The maximum absolute atomic E-state index is 12.3. The second-order valence-corrected chi connectivity index (χ2v) is 6.27. The highest BCUT2D eigenvalue weighted by atomic mass is 16.1. The van der Waals surface area contributed by atoms with Crippen molar-refractivity contribution in [3.05, 3.63) is 70.7 Å². The lowest BCUT2D eigenvalue weighted by molar-refractivity contribution is 0.0987. The van der Waals surface area contributed by atoms with Crippen LogP contribution in [-0.2, 0) is 6.42 Å². The molecule has 0 atom stereocenters. The number of pyridine rings is 1.